The standard InChI is InChI=1S/C12H13N3O2.ClH/c16-9-6-10(13-7-9)12-14-11(15-17-12)8-4-2-1-3-5-8;/h1-5,9-10,13,16H,6-7H2;1H/t9-,10+;/m0./s1. The first-order chi connectivity index (χ1) is 8.33. The first-order valence-corrected chi connectivity index (χ1v) is 5.63. The summed E-state index contributed by atoms with van der Waals surface area (Å²) in [5.74, 6) is 1.13. The Morgan fingerprint density at radius 3 is 2.72 bits per heavy atom. The van der Waals surface area contributed by atoms with Gasteiger partial charge in [-0.05, 0) is 6.42 Å². The van der Waals surface area contributed by atoms with E-state index in [2.05, 4.69) is 15.5 Å². The maximum atomic E-state index is 9.43. The Kier molecular flexibility index (Phi) is 3.96. The lowest BCUT2D eigenvalue weighted by Crippen LogP contribution is -2.15. The van der Waals surface area contributed by atoms with Crippen molar-refractivity contribution in [3.8, 4) is 11.4 Å². The molecule has 96 valence electrons. The maximum absolute atomic E-state index is 9.43. The van der Waals surface area contributed by atoms with Crippen molar-refractivity contribution in [3.05, 3.63) is 36.2 Å². The molecule has 0 aliphatic carbocycles. The first kappa shape index (κ1) is 13.0. The van der Waals surface area contributed by atoms with Crippen LogP contribution in [0.2, 0.25) is 0 Å². The molecule has 2 N–H and O–H groups in total. The molecule has 0 spiro atoms. The fraction of sp³-hybridized carbons (Fsp3) is 0.333. The molecule has 0 bridgehead atoms. The highest BCUT2D eigenvalue weighted by atomic mass is 35.5. The molecule has 6 heteroatoms. The molecule has 18 heavy (non-hydrogen) atoms. The zero-order chi connectivity index (χ0) is 11.7. The summed E-state index contributed by atoms with van der Waals surface area (Å²) in [5, 5.41) is 16.5. The highest BCUT2D eigenvalue weighted by Crippen LogP contribution is 2.24. The van der Waals surface area contributed by atoms with Crippen LogP contribution in [0.1, 0.15) is 18.4 Å². The molecular weight excluding hydrogens is 254 g/mol. The van der Waals surface area contributed by atoms with E-state index in [-0.39, 0.29) is 24.6 Å². The van der Waals surface area contributed by atoms with Crippen LogP contribution in [0.15, 0.2) is 34.9 Å². The Bertz CT molecular complexity index is 503. The van der Waals surface area contributed by atoms with Crippen molar-refractivity contribution < 1.29 is 9.63 Å². The number of halogens is 1. The van der Waals surface area contributed by atoms with E-state index in [4.69, 9.17) is 4.52 Å². The van der Waals surface area contributed by atoms with E-state index in [0.717, 1.165) is 5.56 Å². The number of hydrogen-bond acceptors (Lipinski definition) is 5. The third kappa shape index (κ3) is 2.53. The van der Waals surface area contributed by atoms with E-state index < -0.39 is 0 Å². The Labute approximate surface area is 111 Å². The van der Waals surface area contributed by atoms with Crippen molar-refractivity contribution in [1.82, 2.24) is 15.5 Å². The Balaban J connectivity index is 0.00000120. The van der Waals surface area contributed by atoms with Crippen molar-refractivity contribution >= 4 is 12.4 Å². The van der Waals surface area contributed by atoms with Crippen LogP contribution in [-0.4, -0.2) is 27.9 Å². The molecule has 1 saturated heterocycles. The van der Waals surface area contributed by atoms with E-state index >= 15 is 0 Å². The lowest BCUT2D eigenvalue weighted by atomic mass is 10.2. The monoisotopic (exact) mass is 267 g/mol. The first-order valence-electron chi connectivity index (χ1n) is 5.63. The van der Waals surface area contributed by atoms with Crippen molar-refractivity contribution in [3.63, 3.8) is 0 Å². The number of benzene rings is 1. The van der Waals surface area contributed by atoms with Crippen LogP contribution in [-0.2, 0) is 0 Å². The average Bonchev–Trinajstić information content (AvgIpc) is 2.98. The highest BCUT2D eigenvalue weighted by molar-refractivity contribution is 5.85. The van der Waals surface area contributed by atoms with E-state index in [1.54, 1.807) is 0 Å². The second-order valence-corrected chi connectivity index (χ2v) is 4.17. The minimum absolute atomic E-state index is 0. The fourth-order valence-corrected chi connectivity index (χ4v) is 1.99. The van der Waals surface area contributed by atoms with Crippen LogP contribution in [0.3, 0.4) is 0 Å². The molecule has 5 nitrogen and oxygen atoms in total. The summed E-state index contributed by atoms with van der Waals surface area (Å²) in [6.45, 7) is 0.577. The van der Waals surface area contributed by atoms with Crippen LogP contribution in [0.25, 0.3) is 11.4 Å². The zero-order valence-corrected chi connectivity index (χ0v) is 10.4. The molecule has 3 rings (SSSR count). The van der Waals surface area contributed by atoms with Gasteiger partial charge in [-0.3, -0.25) is 0 Å². The molecule has 2 heterocycles. The molecule has 0 amide bonds. The number of aliphatic hydroxyl groups is 1. The molecule has 2 aromatic rings. The maximum Gasteiger partial charge on any atom is 0.244 e. The van der Waals surface area contributed by atoms with Crippen LogP contribution < -0.4 is 5.32 Å². The second kappa shape index (κ2) is 5.48. The van der Waals surface area contributed by atoms with Crippen molar-refractivity contribution in [1.29, 1.82) is 0 Å². The van der Waals surface area contributed by atoms with Crippen LogP contribution in [0.4, 0.5) is 0 Å². The van der Waals surface area contributed by atoms with Gasteiger partial charge in [0.05, 0.1) is 12.1 Å². The smallest absolute Gasteiger partial charge is 0.244 e. The SMILES string of the molecule is Cl.O[C@@H]1CN[C@@H](c2nc(-c3ccccc3)no2)C1. The van der Waals surface area contributed by atoms with Gasteiger partial charge in [-0.1, -0.05) is 35.5 Å². The number of nitrogens with zero attached hydrogens (tertiary/aromatic N) is 2. The van der Waals surface area contributed by atoms with Gasteiger partial charge in [-0.15, -0.1) is 12.4 Å². The highest BCUT2D eigenvalue weighted by Gasteiger charge is 2.28. The molecule has 1 aromatic carbocycles. The normalized spacial score (nSPS) is 22.7. The third-order valence-corrected chi connectivity index (χ3v) is 2.88. The molecule has 0 radical (unpaired) electrons. The minimum Gasteiger partial charge on any atom is -0.392 e. The van der Waals surface area contributed by atoms with Gasteiger partial charge in [0.15, 0.2) is 0 Å². The molecule has 2 atom stereocenters. The number of β-amino-alcohol motifs (C(OH)–C–C–N with tert-alkyl or cyclic N) is 1. The lowest BCUT2D eigenvalue weighted by Gasteiger charge is -2.01. The minimum atomic E-state index is -0.327. The summed E-state index contributed by atoms with van der Waals surface area (Å²) < 4.78 is 5.22. The topological polar surface area (TPSA) is 71.2 Å². The third-order valence-electron chi connectivity index (χ3n) is 2.88. The van der Waals surface area contributed by atoms with E-state index in [0.29, 0.717) is 24.7 Å². The number of nitrogens with one attached hydrogen (secondary N) is 1. The zero-order valence-electron chi connectivity index (χ0n) is 9.61. The van der Waals surface area contributed by atoms with E-state index in [1.165, 1.54) is 0 Å². The molecule has 0 unspecified atom stereocenters. The summed E-state index contributed by atoms with van der Waals surface area (Å²) in [5.41, 5.74) is 0.932. The van der Waals surface area contributed by atoms with E-state index in [9.17, 15) is 5.11 Å². The van der Waals surface area contributed by atoms with Gasteiger partial charge in [0.25, 0.3) is 0 Å². The lowest BCUT2D eigenvalue weighted by molar-refractivity contribution is 0.191. The van der Waals surface area contributed by atoms with Gasteiger partial charge >= 0.3 is 0 Å². The molecule has 1 aliphatic heterocycles. The Hall–Kier alpha value is -1.43. The van der Waals surface area contributed by atoms with Crippen LogP contribution in [0.5, 0.6) is 0 Å². The number of hydrogen-bond donors (Lipinski definition) is 2. The number of rotatable bonds is 2. The van der Waals surface area contributed by atoms with Crippen LogP contribution in [0, 0.1) is 0 Å². The van der Waals surface area contributed by atoms with Crippen molar-refractivity contribution in [2.75, 3.05) is 6.54 Å². The molecule has 1 fully saturated rings. The van der Waals surface area contributed by atoms with Crippen molar-refractivity contribution in [2.24, 2.45) is 0 Å². The van der Waals surface area contributed by atoms with E-state index in [1.807, 2.05) is 30.3 Å². The van der Waals surface area contributed by atoms with Gasteiger partial charge in [0, 0.05) is 12.1 Å². The van der Waals surface area contributed by atoms with Gasteiger partial charge in [0.2, 0.25) is 11.7 Å². The summed E-state index contributed by atoms with van der Waals surface area (Å²) in [6.07, 6.45) is 0.295. The molecule has 0 saturated carbocycles. The Morgan fingerprint density at radius 1 is 1.28 bits per heavy atom. The Morgan fingerprint density at radius 2 is 2.06 bits per heavy atom. The quantitative estimate of drug-likeness (QED) is 0.864. The number of aromatic nitrogens is 2. The molecule has 1 aromatic heterocycles. The second-order valence-electron chi connectivity index (χ2n) is 4.17. The molecular formula is C12H14ClN3O2. The van der Waals surface area contributed by atoms with Crippen molar-refractivity contribution in [2.45, 2.75) is 18.6 Å². The largest absolute Gasteiger partial charge is 0.392 e. The van der Waals surface area contributed by atoms with Gasteiger partial charge in [-0.25, -0.2) is 0 Å². The summed E-state index contributed by atoms with van der Waals surface area (Å²) in [7, 11) is 0. The summed E-state index contributed by atoms with van der Waals surface area (Å²) in [6, 6.07) is 9.65. The predicted molar refractivity (Wildman–Crippen MR) is 68.3 cm³/mol. The molecule has 1 aliphatic rings. The summed E-state index contributed by atoms with van der Waals surface area (Å²) in [4.78, 5) is 4.35. The number of aliphatic hydroxyl groups excluding tert-OH is 1. The van der Waals surface area contributed by atoms with Gasteiger partial charge < -0.3 is 14.9 Å². The van der Waals surface area contributed by atoms with Crippen LogP contribution >= 0.6 is 12.4 Å². The average molecular weight is 268 g/mol. The predicted octanol–water partition coefficient (Wildman–Crippen LogP) is 1.55. The van der Waals surface area contributed by atoms with Gasteiger partial charge in [-0.2, -0.15) is 4.98 Å². The summed E-state index contributed by atoms with van der Waals surface area (Å²) >= 11 is 0. The van der Waals surface area contributed by atoms with Gasteiger partial charge in [0.1, 0.15) is 0 Å². The fourth-order valence-electron chi connectivity index (χ4n) is 1.99.